The number of nitrogen functional groups attached to an aromatic ring is 1. The van der Waals surface area contributed by atoms with E-state index in [0.717, 1.165) is 12.8 Å². The summed E-state index contributed by atoms with van der Waals surface area (Å²) in [6, 6.07) is 1.59. The molecular formula is C10H15N3O3. The monoisotopic (exact) mass is 225 g/mol. The van der Waals surface area contributed by atoms with Crippen molar-refractivity contribution in [1.82, 2.24) is 10.2 Å². The molecule has 88 valence electrons. The Bertz CT molecular complexity index is 371. The molecule has 6 heteroatoms. The zero-order chi connectivity index (χ0) is 11.5. The molecule has 2 heterocycles. The summed E-state index contributed by atoms with van der Waals surface area (Å²) in [6.07, 6.45) is 1.52. The molecule has 0 aliphatic carbocycles. The summed E-state index contributed by atoms with van der Waals surface area (Å²) in [4.78, 5) is 11.3. The van der Waals surface area contributed by atoms with Crippen LogP contribution in [0, 0.1) is 5.92 Å². The highest BCUT2D eigenvalue weighted by Gasteiger charge is 2.32. The van der Waals surface area contributed by atoms with Crippen molar-refractivity contribution in [2.45, 2.75) is 18.8 Å². The first-order chi connectivity index (χ1) is 7.68. The molecule has 1 atom stereocenters. The third-order valence-electron chi connectivity index (χ3n) is 2.96. The molecule has 1 aliphatic rings. The van der Waals surface area contributed by atoms with Gasteiger partial charge in [0.15, 0.2) is 0 Å². The van der Waals surface area contributed by atoms with E-state index in [0.29, 0.717) is 24.7 Å². The van der Waals surface area contributed by atoms with E-state index in [1.807, 2.05) is 0 Å². The van der Waals surface area contributed by atoms with Gasteiger partial charge in [0, 0.05) is 19.3 Å². The zero-order valence-corrected chi connectivity index (χ0v) is 8.85. The number of nitrogens with two attached hydrogens (primary N) is 1. The molecule has 0 spiro atoms. The van der Waals surface area contributed by atoms with Gasteiger partial charge in [0.25, 0.3) is 0 Å². The second-order valence-corrected chi connectivity index (χ2v) is 4.01. The molecule has 0 aromatic carbocycles. The number of hydrogen-bond donors (Lipinski definition) is 3. The maximum absolute atomic E-state index is 11.3. The van der Waals surface area contributed by atoms with Crippen LogP contribution in [-0.4, -0.2) is 34.5 Å². The third kappa shape index (κ3) is 2.16. The van der Waals surface area contributed by atoms with E-state index in [1.54, 1.807) is 6.07 Å². The quantitative estimate of drug-likeness (QED) is 0.698. The summed E-state index contributed by atoms with van der Waals surface area (Å²) < 4.78 is 5.23. The molecule has 1 saturated heterocycles. The zero-order valence-electron chi connectivity index (χ0n) is 8.85. The highest BCUT2D eigenvalue weighted by molar-refractivity contribution is 5.76. The number of nitrogens with one attached hydrogen (secondary N) is 1. The molecule has 0 radical (unpaired) electrons. The molecule has 1 fully saturated rings. The van der Waals surface area contributed by atoms with Crippen molar-refractivity contribution in [3.63, 3.8) is 0 Å². The van der Waals surface area contributed by atoms with Gasteiger partial charge in [-0.3, -0.25) is 9.89 Å². The van der Waals surface area contributed by atoms with E-state index < -0.39 is 11.9 Å². The largest absolute Gasteiger partial charge is 0.481 e. The van der Waals surface area contributed by atoms with E-state index in [-0.39, 0.29) is 5.92 Å². The van der Waals surface area contributed by atoms with Crippen molar-refractivity contribution in [1.29, 1.82) is 0 Å². The fourth-order valence-electron chi connectivity index (χ4n) is 2.15. The van der Waals surface area contributed by atoms with Gasteiger partial charge >= 0.3 is 5.97 Å². The predicted octanol–water partition coefficient (Wildman–Crippen LogP) is 0.587. The Morgan fingerprint density at radius 2 is 2.31 bits per heavy atom. The smallest absolute Gasteiger partial charge is 0.312 e. The Labute approximate surface area is 92.8 Å². The number of anilines is 1. The first-order valence-corrected chi connectivity index (χ1v) is 5.30. The van der Waals surface area contributed by atoms with E-state index in [9.17, 15) is 9.90 Å². The molecule has 16 heavy (non-hydrogen) atoms. The van der Waals surface area contributed by atoms with E-state index in [4.69, 9.17) is 10.5 Å². The van der Waals surface area contributed by atoms with Crippen LogP contribution in [0.3, 0.4) is 0 Å². The fraction of sp³-hybridized carbons (Fsp3) is 0.600. The Morgan fingerprint density at radius 1 is 1.62 bits per heavy atom. The Kier molecular flexibility index (Phi) is 3.09. The Hall–Kier alpha value is -1.56. The van der Waals surface area contributed by atoms with Crippen molar-refractivity contribution in [3.8, 4) is 0 Å². The number of H-pyrrole nitrogens is 1. The summed E-state index contributed by atoms with van der Waals surface area (Å²) in [7, 11) is 0. The number of carboxylic acids is 1. The second-order valence-electron chi connectivity index (χ2n) is 4.01. The number of hydrogen-bond acceptors (Lipinski definition) is 4. The normalized spacial score (nSPS) is 19.5. The second kappa shape index (κ2) is 4.52. The van der Waals surface area contributed by atoms with Gasteiger partial charge in [-0.15, -0.1) is 0 Å². The van der Waals surface area contributed by atoms with Crippen molar-refractivity contribution in [2.24, 2.45) is 5.92 Å². The van der Waals surface area contributed by atoms with Gasteiger partial charge in [-0.25, -0.2) is 0 Å². The molecule has 1 aromatic heterocycles. The number of rotatable bonds is 3. The van der Waals surface area contributed by atoms with Crippen LogP contribution in [0.1, 0.15) is 24.5 Å². The maximum atomic E-state index is 11.3. The molecule has 1 unspecified atom stereocenters. The van der Waals surface area contributed by atoms with Gasteiger partial charge < -0.3 is 15.6 Å². The first kappa shape index (κ1) is 10.9. The van der Waals surface area contributed by atoms with Gasteiger partial charge in [-0.05, 0) is 18.8 Å². The van der Waals surface area contributed by atoms with E-state index in [1.165, 1.54) is 0 Å². The van der Waals surface area contributed by atoms with Crippen LogP contribution in [0.15, 0.2) is 6.07 Å². The Balaban J connectivity index is 2.19. The molecular weight excluding hydrogens is 210 g/mol. The highest BCUT2D eigenvalue weighted by atomic mass is 16.5. The standard InChI is InChI=1S/C10H15N3O3/c11-8-5-7(12-13-8)9(10(14)15)6-1-3-16-4-2-6/h5-6,9H,1-4H2,(H,14,15)(H3,11,12,13). The van der Waals surface area contributed by atoms with Gasteiger partial charge in [-0.1, -0.05) is 0 Å². The van der Waals surface area contributed by atoms with Crippen molar-refractivity contribution >= 4 is 11.8 Å². The predicted molar refractivity (Wildman–Crippen MR) is 56.9 cm³/mol. The van der Waals surface area contributed by atoms with Crippen LogP contribution in [-0.2, 0) is 9.53 Å². The topological polar surface area (TPSA) is 101 Å². The number of ether oxygens (including phenoxy) is 1. The Morgan fingerprint density at radius 3 is 2.81 bits per heavy atom. The number of aromatic nitrogens is 2. The number of carboxylic acid groups (broad SMARTS) is 1. The summed E-state index contributed by atoms with van der Waals surface area (Å²) in [5, 5.41) is 15.7. The van der Waals surface area contributed by atoms with Gasteiger partial charge in [0.1, 0.15) is 11.7 Å². The molecule has 0 bridgehead atoms. The lowest BCUT2D eigenvalue weighted by molar-refractivity contribution is -0.141. The average Bonchev–Trinajstić information content (AvgIpc) is 2.66. The van der Waals surface area contributed by atoms with Crippen LogP contribution in [0.5, 0.6) is 0 Å². The van der Waals surface area contributed by atoms with Gasteiger partial charge in [-0.2, -0.15) is 5.10 Å². The van der Waals surface area contributed by atoms with Crippen LogP contribution >= 0.6 is 0 Å². The van der Waals surface area contributed by atoms with E-state index in [2.05, 4.69) is 10.2 Å². The molecule has 1 aromatic rings. The molecule has 2 rings (SSSR count). The lowest BCUT2D eigenvalue weighted by Crippen LogP contribution is -2.27. The molecule has 0 saturated carbocycles. The van der Waals surface area contributed by atoms with Crippen LogP contribution in [0.25, 0.3) is 0 Å². The van der Waals surface area contributed by atoms with Gasteiger partial charge in [0.05, 0.1) is 5.69 Å². The van der Waals surface area contributed by atoms with Crippen molar-refractivity contribution in [2.75, 3.05) is 18.9 Å². The molecule has 0 amide bonds. The number of aliphatic carboxylic acids is 1. The lowest BCUT2D eigenvalue weighted by Gasteiger charge is -2.26. The summed E-state index contributed by atoms with van der Waals surface area (Å²) in [5.74, 6) is -0.983. The third-order valence-corrected chi connectivity index (χ3v) is 2.96. The number of aromatic amines is 1. The minimum atomic E-state index is -0.837. The van der Waals surface area contributed by atoms with Crippen molar-refractivity contribution in [3.05, 3.63) is 11.8 Å². The summed E-state index contributed by atoms with van der Waals surface area (Å²) in [6.45, 7) is 1.25. The van der Waals surface area contributed by atoms with Crippen LogP contribution in [0.4, 0.5) is 5.82 Å². The number of nitrogens with zero attached hydrogens (tertiary/aromatic N) is 1. The van der Waals surface area contributed by atoms with E-state index >= 15 is 0 Å². The fourth-order valence-corrected chi connectivity index (χ4v) is 2.15. The van der Waals surface area contributed by atoms with Crippen LogP contribution < -0.4 is 5.73 Å². The summed E-state index contributed by atoms with van der Waals surface area (Å²) in [5.41, 5.74) is 6.07. The minimum Gasteiger partial charge on any atom is -0.481 e. The maximum Gasteiger partial charge on any atom is 0.312 e. The van der Waals surface area contributed by atoms with Crippen LogP contribution in [0.2, 0.25) is 0 Å². The van der Waals surface area contributed by atoms with Crippen molar-refractivity contribution < 1.29 is 14.6 Å². The summed E-state index contributed by atoms with van der Waals surface area (Å²) >= 11 is 0. The molecule has 4 N–H and O–H groups in total. The first-order valence-electron chi connectivity index (χ1n) is 5.30. The average molecular weight is 225 g/mol. The van der Waals surface area contributed by atoms with Gasteiger partial charge in [0.2, 0.25) is 0 Å². The lowest BCUT2D eigenvalue weighted by atomic mass is 9.84. The molecule has 1 aliphatic heterocycles. The minimum absolute atomic E-state index is 0.0890. The highest BCUT2D eigenvalue weighted by Crippen LogP contribution is 2.31. The SMILES string of the molecule is Nc1cc(C(C(=O)O)C2CCOCC2)[nH]n1. The molecule has 6 nitrogen and oxygen atoms in total. The number of carbonyl (C=O) groups is 1.